The first-order valence-corrected chi connectivity index (χ1v) is 9.12. The van der Waals surface area contributed by atoms with Gasteiger partial charge in [-0.3, -0.25) is 4.79 Å². The smallest absolute Gasteiger partial charge is 0.303 e. The number of aliphatic carboxylic acids is 1. The number of aromatic amines is 1. The van der Waals surface area contributed by atoms with Crippen LogP contribution in [0, 0.1) is 5.82 Å². The zero-order valence-electron chi connectivity index (χ0n) is 14.8. The van der Waals surface area contributed by atoms with E-state index in [1.54, 1.807) is 0 Å². The zero-order chi connectivity index (χ0) is 19.0. The number of nitrogens with one attached hydrogen (secondary N) is 1. The van der Waals surface area contributed by atoms with Crippen molar-refractivity contribution in [2.45, 2.75) is 37.5 Å². The Hall–Kier alpha value is -2.73. The molecule has 0 spiro atoms. The number of aromatic nitrogens is 2. The van der Waals surface area contributed by atoms with E-state index in [9.17, 15) is 14.3 Å². The molecule has 0 aliphatic heterocycles. The third kappa shape index (κ3) is 3.45. The number of hydrogen-bond acceptors (Lipinski definition) is 3. The van der Waals surface area contributed by atoms with Crippen molar-refractivity contribution in [2.24, 2.45) is 0 Å². The molecular weight excluding hydrogens is 347 g/mol. The molecule has 1 fully saturated rings. The first kappa shape index (κ1) is 17.7. The highest BCUT2D eigenvalue weighted by atomic mass is 19.1. The van der Waals surface area contributed by atoms with E-state index >= 15 is 0 Å². The van der Waals surface area contributed by atoms with Crippen LogP contribution in [0.25, 0.3) is 22.3 Å². The van der Waals surface area contributed by atoms with Gasteiger partial charge in [-0.2, -0.15) is 0 Å². The molecule has 3 N–H and O–H groups in total. The van der Waals surface area contributed by atoms with Gasteiger partial charge in [-0.05, 0) is 37.3 Å². The second-order valence-corrected chi connectivity index (χ2v) is 7.31. The number of pyridine rings is 1. The lowest BCUT2D eigenvalue weighted by Crippen LogP contribution is -2.11. The molecule has 0 saturated heterocycles. The van der Waals surface area contributed by atoms with Gasteiger partial charge in [-0.1, -0.05) is 24.3 Å². The van der Waals surface area contributed by atoms with Gasteiger partial charge >= 0.3 is 5.97 Å². The number of aliphatic hydroxyl groups excluding tert-OH is 1. The molecule has 27 heavy (non-hydrogen) atoms. The summed E-state index contributed by atoms with van der Waals surface area (Å²) in [6.45, 7) is 0.138. The Morgan fingerprint density at radius 2 is 1.96 bits per heavy atom. The lowest BCUT2D eigenvalue weighted by atomic mass is 9.95. The molecule has 0 atom stereocenters. The summed E-state index contributed by atoms with van der Waals surface area (Å²) in [5.41, 5.74) is 4.08. The fourth-order valence-electron chi connectivity index (χ4n) is 3.53. The predicted octanol–water partition coefficient (Wildman–Crippen LogP) is 3.80. The van der Waals surface area contributed by atoms with Crippen molar-refractivity contribution in [1.29, 1.82) is 0 Å². The molecule has 2 aromatic heterocycles. The number of halogens is 1. The number of carboxylic acids is 1. The van der Waals surface area contributed by atoms with E-state index < -0.39 is 11.8 Å². The summed E-state index contributed by atoms with van der Waals surface area (Å²) >= 11 is 0. The molecule has 0 unspecified atom stereocenters. The van der Waals surface area contributed by atoms with Crippen LogP contribution in [0.4, 0.5) is 4.39 Å². The highest BCUT2D eigenvalue weighted by Crippen LogP contribution is 2.47. The first-order chi connectivity index (χ1) is 13.0. The van der Waals surface area contributed by atoms with Crippen LogP contribution in [0.5, 0.6) is 0 Å². The van der Waals surface area contributed by atoms with Crippen molar-refractivity contribution in [2.75, 3.05) is 6.61 Å². The van der Waals surface area contributed by atoms with Crippen LogP contribution in [0.1, 0.15) is 36.9 Å². The average Bonchev–Trinajstić information content (AvgIpc) is 3.36. The topological polar surface area (TPSA) is 86.2 Å². The molecule has 1 saturated carbocycles. The number of rotatable bonds is 7. The van der Waals surface area contributed by atoms with E-state index in [0.29, 0.717) is 35.1 Å². The van der Waals surface area contributed by atoms with Gasteiger partial charge in [0.2, 0.25) is 0 Å². The second-order valence-electron chi connectivity index (χ2n) is 7.31. The molecule has 140 valence electrons. The van der Waals surface area contributed by atoms with Crippen molar-refractivity contribution in [3.63, 3.8) is 0 Å². The Balaban J connectivity index is 1.60. The van der Waals surface area contributed by atoms with E-state index in [4.69, 9.17) is 5.11 Å². The molecule has 3 aromatic rings. The van der Waals surface area contributed by atoms with E-state index in [2.05, 4.69) is 9.97 Å². The maximum absolute atomic E-state index is 14.6. The van der Waals surface area contributed by atoms with Crippen LogP contribution in [-0.2, 0) is 16.6 Å². The molecule has 1 aliphatic carbocycles. The van der Waals surface area contributed by atoms with Gasteiger partial charge in [-0.15, -0.1) is 0 Å². The van der Waals surface area contributed by atoms with Crippen molar-refractivity contribution in [1.82, 2.24) is 9.97 Å². The number of carbonyl (C=O) groups is 1. The average molecular weight is 368 g/mol. The van der Waals surface area contributed by atoms with Crippen molar-refractivity contribution in [3.05, 3.63) is 53.5 Å². The molecule has 2 heterocycles. The molecule has 0 radical (unpaired) electrons. The zero-order valence-corrected chi connectivity index (χ0v) is 14.8. The Morgan fingerprint density at radius 1 is 1.22 bits per heavy atom. The summed E-state index contributed by atoms with van der Waals surface area (Å²) in [5.74, 6) is -1.23. The van der Waals surface area contributed by atoms with Gasteiger partial charge in [0, 0.05) is 29.2 Å². The lowest BCUT2D eigenvalue weighted by Gasteiger charge is -2.12. The molecule has 1 aromatic carbocycles. The minimum absolute atomic E-state index is 0.101. The minimum atomic E-state index is -0.824. The quantitative estimate of drug-likeness (QED) is 0.592. The number of aliphatic hydroxyl groups is 1. The Bertz CT molecular complexity index is 991. The van der Waals surface area contributed by atoms with Crippen LogP contribution in [0.3, 0.4) is 0 Å². The summed E-state index contributed by atoms with van der Waals surface area (Å²) in [6, 6.07) is 10.9. The highest BCUT2D eigenvalue weighted by molar-refractivity contribution is 5.80. The number of benzene rings is 1. The molecule has 6 heteroatoms. The molecule has 0 bridgehead atoms. The number of H-pyrrole nitrogens is 1. The van der Waals surface area contributed by atoms with Gasteiger partial charge in [-0.25, -0.2) is 9.37 Å². The van der Waals surface area contributed by atoms with Crippen molar-refractivity contribution >= 4 is 17.0 Å². The molecule has 1 aliphatic rings. The first-order valence-electron chi connectivity index (χ1n) is 9.12. The van der Waals surface area contributed by atoms with Gasteiger partial charge in [0.1, 0.15) is 5.69 Å². The number of nitrogens with zero attached hydrogens (tertiary/aromatic N) is 1. The van der Waals surface area contributed by atoms with Gasteiger partial charge in [0.05, 0.1) is 17.6 Å². The third-order valence-electron chi connectivity index (χ3n) is 5.38. The van der Waals surface area contributed by atoms with E-state index in [1.165, 1.54) is 6.07 Å². The summed E-state index contributed by atoms with van der Waals surface area (Å²) in [5, 5.41) is 18.3. The largest absolute Gasteiger partial charge is 0.481 e. The number of hydrogen-bond donors (Lipinski definition) is 3. The van der Waals surface area contributed by atoms with Gasteiger partial charge in [0.15, 0.2) is 5.82 Å². The Labute approximate surface area is 155 Å². The normalized spacial score (nSPS) is 15.2. The lowest BCUT2D eigenvalue weighted by molar-refractivity contribution is -0.137. The van der Waals surface area contributed by atoms with Crippen molar-refractivity contribution < 1.29 is 19.4 Å². The monoisotopic (exact) mass is 368 g/mol. The van der Waals surface area contributed by atoms with Crippen LogP contribution in [-0.4, -0.2) is 32.8 Å². The summed E-state index contributed by atoms with van der Waals surface area (Å²) in [6.07, 6.45) is 3.16. The van der Waals surface area contributed by atoms with Crippen LogP contribution < -0.4 is 0 Å². The van der Waals surface area contributed by atoms with E-state index in [0.717, 1.165) is 24.1 Å². The fraction of sp³-hybridized carbons (Fsp3) is 0.333. The molecule has 5 nitrogen and oxygen atoms in total. The Kier molecular flexibility index (Phi) is 4.44. The number of aryl methyl sites for hydroxylation is 1. The number of fused-ring (bicyclic) bond motifs is 1. The fourth-order valence-corrected chi connectivity index (χ4v) is 3.53. The standard InChI is InChI=1S/C21H21FN2O3/c22-16-11-18-17(10-15(23-18)2-1-3-19(26)27)24-20(16)13-4-6-14(7-5-13)21(12-25)8-9-21/h4-7,10-11,23,25H,1-3,8-9,12H2,(H,26,27). The number of carboxylic acid groups (broad SMARTS) is 1. The Morgan fingerprint density at radius 3 is 2.59 bits per heavy atom. The van der Waals surface area contributed by atoms with E-state index in [1.807, 2.05) is 30.3 Å². The second kappa shape index (κ2) is 6.78. The summed E-state index contributed by atoms with van der Waals surface area (Å²) in [7, 11) is 0. The predicted molar refractivity (Wildman–Crippen MR) is 100 cm³/mol. The maximum Gasteiger partial charge on any atom is 0.303 e. The highest BCUT2D eigenvalue weighted by Gasteiger charge is 2.43. The van der Waals surface area contributed by atoms with Crippen LogP contribution in [0.2, 0.25) is 0 Å². The van der Waals surface area contributed by atoms with Crippen LogP contribution in [0.15, 0.2) is 36.4 Å². The van der Waals surface area contributed by atoms with Crippen molar-refractivity contribution in [3.8, 4) is 11.3 Å². The van der Waals surface area contributed by atoms with Gasteiger partial charge < -0.3 is 15.2 Å². The third-order valence-corrected chi connectivity index (χ3v) is 5.38. The van der Waals surface area contributed by atoms with Gasteiger partial charge in [0.25, 0.3) is 0 Å². The molecular formula is C21H21FN2O3. The maximum atomic E-state index is 14.6. The summed E-state index contributed by atoms with van der Waals surface area (Å²) < 4.78 is 14.6. The van der Waals surface area contributed by atoms with E-state index in [-0.39, 0.29) is 18.4 Å². The SMILES string of the molecule is O=C(O)CCCc1cc2nc(-c3ccc(C4(CO)CC4)cc3)c(F)cc2[nH]1. The van der Waals surface area contributed by atoms with Crippen LogP contribution >= 0.6 is 0 Å². The molecule has 0 amide bonds. The minimum Gasteiger partial charge on any atom is -0.481 e. The molecule has 4 rings (SSSR count). The summed E-state index contributed by atoms with van der Waals surface area (Å²) in [4.78, 5) is 18.2.